The first kappa shape index (κ1) is 19.7. The van der Waals surface area contributed by atoms with Gasteiger partial charge in [-0.25, -0.2) is 0 Å². The van der Waals surface area contributed by atoms with Crippen LogP contribution < -0.4 is 9.47 Å². The van der Waals surface area contributed by atoms with Crippen molar-refractivity contribution in [2.24, 2.45) is 0 Å². The Morgan fingerprint density at radius 1 is 1.19 bits per heavy atom. The summed E-state index contributed by atoms with van der Waals surface area (Å²) in [6.45, 7) is 0.297. The van der Waals surface area contributed by atoms with E-state index >= 15 is 0 Å². The fourth-order valence-electron chi connectivity index (χ4n) is 2.44. The van der Waals surface area contributed by atoms with Gasteiger partial charge in [0.1, 0.15) is 18.1 Å². The number of hydrogen-bond acceptors (Lipinski definition) is 4. The van der Waals surface area contributed by atoms with Gasteiger partial charge in [-0.2, -0.15) is 0 Å². The molecule has 6 heteroatoms. The van der Waals surface area contributed by atoms with Crippen LogP contribution in [0.2, 0.25) is 5.02 Å². The monoisotopic (exact) mass is 462 g/mol. The van der Waals surface area contributed by atoms with Gasteiger partial charge in [0.25, 0.3) is 0 Å². The smallest absolute Gasteiger partial charge is 0.195 e. The van der Waals surface area contributed by atoms with Crippen LogP contribution >= 0.6 is 38.9 Å². The van der Waals surface area contributed by atoms with E-state index in [4.69, 9.17) is 21.1 Å². The molecule has 27 heavy (non-hydrogen) atoms. The molecule has 0 aliphatic carbocycles. The van der Waals surface area contributed by atoms with E-state index in [0.29, 0.717) is 28.0 Å². The van der Waals surface area contributed by atoms with Crippen LogP contribution in [0, 0.1) is 0 Å². The van der Waals surface area contributed by atoms with Gasteiger partial charge in [0, 0.05) is 10.0 Å². The molecule has 3 rings (SSSR count). The van der Waals surface area contributed by atoms with Crippen molar-refractivity contribution in [2.45, 2.75) is 6.61 Å². The maximum absolute atomic E-state index is 12.1. The number of thiophene rings is 1. The van der Waals surface area contributed by atoms with Crippen LogP contribution in [0.4, 0.5) is 0 Å². The molecule has 0 radical (unpaired) electrons. The van der Waals surface area contributed by atoms with Gasteiger partial charge < -0.3 is 9.47 Å². The maximum Gasteiger partial charge on any atom is 0.195 e. The molecule has 3 nitrogen and oxygen atoms in total. The van der Waals surface area contributed by atoms with E-state index in [-0.39, 0.29) is 5.78 Å². The lowest BCUT2D eigenvalue weighted by atomic mass is 10.1. The van der Waals surface area contributed by atoms with E-state index in [9.17, 15) is 4.79 Å². The number of ether oxygens (including phenoxy) is 2. The molecule has 0 fully saturated rings. The predicted octanol–water partition coefficient (Wildman–Crippen LogP) is 6.65. The molecule has 3 aromatic rings. The Morgan fingerprint density at radius 3 is 2.70 bits per heavy atom. The van der Waals surface area contributed by atoms with E-state index in [1.54, 1.807) is 25.3 Å². The molecular weight excluding hydrogens is 448 g/mol. The number of rotatable bonds is 7. The van der Waals surface area contributed by atoms with E-state index in [2.05, 4.69) is 15.9 Å². The molecule has 0 atom stereocenters. The van der Waals surface area contributed by atoms with Gasteiger partial charge in [-0.05, 0) is 53.4 Å². The summed E-state index contributed by atoms with van der Waals surface area (Å²) < 4.78 is 12.1. The zero-order chi connectivity index (χ0) is 19.2. The summed E-state index contributed by atoms with van der Waals surface area (Å²) >= 11 is 11.0. The number of hydrogen-bond donors (Lipinski definition) is 0. The molecule has 0 aliphatic rings. The van der Waals surface area contributed by atoms with Gasteiger partial charge >= 0.3 is 0 Å². The number of benzene rings is 2. The van der Waals surface area contributed by atoms with Crippen molar-refractivity contribution < 1.29 is 14.3 Å². The number of methoxy groups -OCH3 is 1. The Kier molecular flexibility index (Phi) is 6.72. The maximum atomic E-state index is 12.1. The average Bonchev–Trinajstić information content (AvgIpc) is 3.20. The minimum absolute atomic E-state index is 0.0136. The van der Waals surface area contributed by atoms with Crippen molar-refractivity contribution >= 4 is 50.7 Å². The van der Waals surface area contributed by atoms with Crippen LogP contribution in [0.1, 0.15) is 20.8 Å². The molecule has 1 heterocycles. The van der Waals surface area contributed by atoms with Crippen molar-refractivity contribution in [3.63, 3.8) is 0 Å². The molecule has 138 valence electrons. The van der Waals surface area contributed by atoms with Crippen LogP contribution in [-0.2, 0) is 6.61 Å². The summed E-state index contributed by atoms with van der Waals surface area (Å²) in [4.78, 5) is 12.8. The summed E-state index contributed by atoms with van der Waals surface area (Å²) in [5.41, 5.74) is 1.75. The third-order valence-electron chi connectivity index (χ3n) is 3.77. The standard InChI is InChI=1S/C21H16BrClO3S/c1-25-19-8-5-14(4-7-18(24)21-3-2-10-27-21)11-15(19)13-26-20-9-6-16(22)12-17(20)23/h2-12H,13H2,1H3/b7-4+. The van der Waals surface area contributed by atoms with Crippen molar-refractivity contribution in [1.29, 1.82) is 0 Å². The Hall–Kier alpha value is -2.08. The summed E-state index contributed by atoms with van der Waals surface area (Å²) in [7, 11) is 1.61. The highest BCUT2D eigenvalue weighted by Gasteiger charge is 2.08. The van der Waals surface area contributed by atoms with Crippen LogP contribution in [0.3, 0.4) is 0 Å². The molecule has 1 aromatic heterocycles. The number of halogens is 2. The molecule has 0 bridgehead atoms. The highest BCUT2D eigenvalue weighted by Crippen LogP contribution is 2.30. The van der Waals surface area contributed by atoms with Crippen LogP contribution in [0.25, 0.3) is 6.08 Å². The Bertz CT molecular complexity index is 968. The van der Waals surface area contributed by atoms with Crippen molar-refractivity contribution in [2.75, 3.05) is 7.11 Å². The lowest BCUT2D eigenvalue weighted by Crippen LogP contribution is -2.00. The first-order valence-corrected chi connectivity index (χ1v) is 10.1. The molecular formula is C21H16BrClO3S. The zero-order valence-electron chi connectivity index (χ0n) is 14.4. The molecule has 0 spiro atoms. The second-order valence-corrected chi connectivity index (χ2v) is 7.88. The fourth-order valence-corrected chi connectivity index (χ4v) is 3.81. The summed E-state index contributed by atoms with van der Waals surface area (Å²) in [6.07, 6.45) is 3.36. The normalized spacial score (nSPS) is 10.9. The topological polar surface area (TPSA) is 35.5 Å². The number of ketones is 1. The summed E-state index contributed by atoms with van der Waals surface area (Å²) in [6, 6.07) is 14.8. The third kappa shape index (κ3) is 5.22. The molecule has 0 amide bonds. The van der Waals surface area contributed by atoms with E-state index in [1.165, 1.54) is 11.3 Å². The van der Waals surface area contributed by atoms with Gasteiger partial charge in [0.05, 0.1) is 17.0 Å². The summed E-state index contributed by atoms with van der Waals surface area (Å²) in [5.74, 6) is 1.29. The lowest BCUT2D eigenvalue weighted by molar-refractivity contribution is 0.105. The highest BCUT2D eigenvalue weighted by molar-refractivity contribution is 9.10. The Labute approximate surface area is 175 Å². The molecule has 0 saturated heterocycles. The van der Waals surface area contributed by atoms with Gasteiger partial charge in [-0.1, -0.05) is 45.7 Å². The largest absolute Gasteiger partial charge is 0.496 e. The van der Waals surface area contributed by atoms with Crippen molar-refractivity contribution in [3.05, 3.63) is 85.5 Å². The zero-order valence-corrected chi connectivity index (χ0v) is 17.6. The predicted molar refractivity (Wildman–Crippen MR) is 114 cm³/mol. The first-order chi connectivity index (χ1) is 13.1. The van der Waals surface area contributed by atoms with Gasteiger partial charge in [-0.15, -0.1) is 11.3 Å². The molecule has 0 N–H and O–H groups in total. The van der Waals surface area contributed by atoms with Gasteiger partial charge in [0.15, 0.2) is 5.78 Å². The van der Waals surface area contributed by atoms with Crippen LogP contribution in [0.15, 0.2) is 64.5 Å². The van der Waals surface area contributed by atoms with Crippen molar-refractivity contribution in [1.82, 2.24) is 0 Å². The number of carbonyl (C=O) groups is 1. The number of carbonyl (C=O) groups excluding carboxylic acids is 1. The average molecular weight is 464 g/mol. The van der Waals surface area contributed by atoms with E-state index in [1.807, 2.05) is 47.8 Å². The second kappa shape index (κ2) is 9.22. The Morgan fingerprint density at radius 2 is 2.00 bits per heavy atom. The Balaban J connectivity index is 1.76. The lowest BCUT2D eigenvalue weighted by Gasteiger charge is -2.12. The minimum atomic E-state index is -0.0136. The molecule has 2 aromatic carbocycles. The fraction of sp³-hybridized carbons (Fsp3) is 0.0952. The van der Waals surface area contributed by atoms with Crippen molar-refractivity contribution in [3.8, 4) is 11.5 Å². The van der Waals surface area contributed by atoms with Crippen LogP contribution in [-0.4, -0.2) is 12.9 Å². The molecule has 0 saturated carbocycles. The van der Waals surface area contributed by atoms with E-state index in [0.717, 1.165) is 15.6 Å². The van der Waals surface area contributed by atoms with Gasteiger partial charge in [-0.3, -0.25) is 4.79 Å². The molecule has 0 aliphatic heterocycles. The first-order valence-electron chi connectivity index (χ1n) is 8.07. The SMILES string of the molecule is COc1ccc(/C=C/C(=O)c2cccs2)cc1COc1ccc(Br)cc1Cl. The second-order valence-electron chi connectivity index (χ2n) is 5.61. The van der Waals surface area contributed by atoms with E-state index < -0.39 is 0 Å². The number of allylic oxidation sites excluding steroid dienone is 1. The minimum Gasteiger partial charge on any atom is -0.496 e. The van der Waals surface area contributed by atoms with Gasteiger partial charge in [0.2, 0.25) is 0 Å². The third-order valence-corrected chi connectivity index (χ3v) is 5.45. The molecule has 0 unspecified atom stereocenters. The highest BCUT2D eigenvalue weighted by atomic mass is 79.9. The summed E-state index contributed by atoms with van der Waals surface area (Å²) in [5, 5.41) is 2.41. The quantitative estimate of drug-likeness (QED) is 0.291. The van der Waals surface area contributed by atoms with Crippen LogP contribution in [0.5, 0.6) is 11.5 Å².